The lowest BCUT2D eigenvalue weighted by molar-refractivity contribution is -0.143. The van der Waals surface area contributed by atoms with Crippen LogP contribution in [-0.4, -0.2) is 60.4 Å². The van der Waals surface area contributed by atoms with Gasteiger partial charge in [0.15, 0.2) is 0 Å². The number of carbonyl (C=O) groups excluding carboxylic acids is 3. The van der Waals surface area contributed by atoms with E-state index >= 15 is 0 Å². The van der Waals surface area contributed by atoms with Crippen LogP contribution in [0.1, 0.15) is 61.4 Å². The summed E-state index contributed by atoms with van der Waals surface area (Å²) < 4.78 is 29.7. The Morgan fingerprint density at radius 2 is 1.52 bits per heavy atom. The highest BCUT2D eigenvalue weighted by Crippen LogP contribution is 2.44. The van der Waals surface area contributed by atoms with Gasteiger partial charge >= 0.3 is 19.5 Å². The molecule has 0 saturated heterocycles. The highest BCUT2D eigenvalue weighted by Gasteiger charge is 2.39. The Balaban J connectivity index is 1.40. The molecule has 0 spiro atoms. The lowest BCUT2D eigenvalue weighted by atomic mass is 9.85. The molecule has 3 N–H and O–H groups in total. The first-order valence-electron chi connectivity index (χ1n) is 15.7. The van der Waals surface area contributed by atoms with Crippen molar-refractivity contribution in [3.8, 4) is 11.1 Å². The van der Waals surface area contributed by atoms with E-state index in [1.54, 1.807) is 37.3 Å². The molecule has 246 valence electrons. The minimum Gasteiger partial charge on any atom is -0.466 e. The first-order chi connectivity index (χ1) is 22.2. The number of hydrogen-bond acceptors (Lipinski definition) is 8. The second-order valence-corrected chi connectivity index (χ2v) is 13.3. The van der Waals surface area contributed by atoms with Gasteiger partial charge in [0.05, 0.1) is 37.5 Å². The van der Waals surface area contributed by atoms with Crippen LogP contribution in [0.2, 0.25) is 0 Å². The smallest absolute Gasteiger partial charge is 0.341 e. The van der Waals surface area contributed by atoms with Crippen LogP contribution in [0, 0.1) is 0 Å². The number of hydrogen-bond donors (Lipinski definition) is 3. The Bertz CT molecular complexity index is 1460. The second-order valence-electron chi connectivity index (χ2n) is 11.4. The van der Waals surface area contributed by atoms with Crippen molar-refractivity contribution < 1.29 is 37.8 Å². The Kier molecular flexibility index (Phi) is 13.1. The molecule has 0 aliphatic heterocycles. The van der Waals surface area contributed by atoms with E-state index in [0.29, 0.717) is 18.4 Å². The fourth-order valence-corrected chi connectivity index (χ4v) is 6.37. The molecule has 10 nitrogen and oxygen atoms in total. The summed E-state index contributed by atoms with van der Waals surface area (Å²) in [5, 5.41) is 5.63. The molecule has 3 aromatic carbocycles. The van der Waals surface area contributed by atoms with Crippen LogP contribution in [0.5, 0.6) is 0 Å². The van der Waals surface area contributed by atoms with Gasteiger partial charge < -0.3 is 24.2 Å². The minimum atomic E-state index is -4.27. The van der Waals surface area contributed by atoms with Crippen molar-refractivity contribution in [3.63, 3.8) is 0 Å². The predicted octanol–water partition coefficient (Wildman–Crippen LogP) is 5.64. The fourth-order valence-electron chi connectivity index (χ4n) is 5.39. The topological polar surface area (TPSA) is 140 Å². The summed E-state index contributed by atoms with van der Waals surface area (Å²) in [7, 11) is -4.27. The van der Waals surface area contributed by atoms with Crippen LogP contribution in [0.4, 0.5) is 0 Å². The summed E-state index contributed by atoms with van der Waals surface area (Å²) in [5.41, 5.74) is 2.29. The number of benzene rings is 3. The molecule has 1 saturated carbocycles. The van der Waals surface area contributed by atoms with Crippen molar-refractivity contribution >= 4 is 25.4 Å². The molecule has 1 fully saturated rings. The molecule has 1 aliphatic rings. The second kappa shape index (κ2) is 17.2. The van der Waals surface area contributed by atoms with Gasteiger partial charge in [0, 0.05) is 6.54 Å². The van der Waals surface area contributed by atoms with Crippen LogP contribution in [-0.2, 0) is 34.6 Å². The third-order valence-electron chi connectivity index (χ3n) is 7.90. The zero-order valence-corrected chi connectivity index (χ0v) is 27.1. The number of ether oxygens (including phenoxy) is 2. The molecular weight excluding hydrogens is 607 g/mol. The van der Waals surface area contributed by atoms with Crippen molar-refractivity contribution in [1.29, 1.82) is 0 Å². The SMILES string of the molecule is CCOC(=O)CCNC(=O)C(Cc1ccc(-c2ccccc2)cc1)NCP(=O)(O)OCC1(OC(=O)c2ccccc2)CCCCC1. The first kappa shape index (κ1) is 35.0. The molecule has 3 aromatic rings. The molecule has 46 heavy (non-hydrogen) atoms. The Morgan fingerprint density at radius 3 is 2.17 bits per heavy atom. The average molecular weight is 651 g/mol. The van der Waals surface area contributed by atoms with Gasteiger partial charge in [-0.05, 0) is 67.9 Å². The molecule has 2 unspecified atom stereocenters. The Hall–Kier alpha value is -3.82. The van der Waals surface area contributed by atoms with Gasteiger partial charge in [0.1, 0.15) is 5.60 Å². The van der Waals surface area contributed by atoms with Gasteiger partial charge in [0.2, 0.25) is 5.91 Å². The molecule has 4 rings (SSSR count). The van der Waals surface area contributed by atoms with Crippen molar-refractivity contribution in [2.45, 2.75) is 63.5 Å². The first-order valence-corrected chi connectivity index (χ1v) is 17.5. The molecule has 1 amide bonds. The van der Waals surface area contributed by atoms with Gasteiger partial charge in [-0.15, -0.1) is 0 Å². The fraction of sp³-hybridized carbons (Fsp3) is 0.400. The lowest BCUT2D eigenvalue weighted by Gasteiger charge is -2.37. The number of esters is 2. The molecule has 2 atom stereocenters. The van der Waals surface area contributed by atoms with E-state index in [9.17, 15) is 23.8 Å². The van der Waals surface area contributed by atoms with Crippen LogP contribution >= 0.6 is 7.60 Å². The highest BCUT2D eigenvalue weighted by molar-refractivity contribution is 7.52. The van der Waals surface area contributed by atoms with Crippen molar-refractivity contribution in [2.75, 3.05) is 26.0 Å². The molecule has 0 radical (unpaired) electrons. The van der Waals surface area contributed by atoms with Crippen LogP contribution in [0.15, 0.2) is 84.9 Å². The van der Waals surface area contributed by atoms with Gasteiger partial charge in [0.25, 0.3) is 0 Å². The zero-order valence-electron chi connectivity index (χ0n) is 26.2. The Morgan fingerprint density at radius 1 is 0.891 bits per heavy atom. The highest BCUT2D eigenvalue weighted by atomic mass is 31.2. The maximum atomic E-state index is 13.2. The van der Waals surface area contributed by atoms with Gasteiger partial charge in [-0.1, -0.05) is 79.2 Å². The number of amides is 1. The van der Waals surface area contributed by atoms with Crippen LogP contribution < -0.4 is 10.6 Å². The monoisotopic (exact) mass is 650 g/mol. The van der Waals surface area contributed by atoms with Crippen molar-refractivity contribution in [1.82, 2.24) is 10.6 Å². The minimum absolute atomic E-state index is 0.00343. The summed E-state index contributed by atoms with van der Waals surface area (Å²) in [6.07, 6.45) is 3.33. The normalized spacial score (nSPS) is 16.0. The van der Waals surface area contributed by atoms with Gasteiger partial charge in [-0.25, -0.2) is 4.79 Å². The van der Waals surface area contributed by atoms with E-state index in [-0.39, 0.29) is 32.6 Å². The van der Waals surface area contributed by atoms with E-state index in [0.717, 1.165) is 36.0 Å². The van der Waals surface area contributed by atoms with Crippen LogP contribution in [0.25, 0.3) is 11.1 Å². The summed E-state index contributed by atoms with van der Waals surface area (Å²) in [6.45, 7) is 1.77. The van der Waals surface area contributed by atoms with E-state index in [2.05, 4.69) is 10.6 Å². The molecule has 0 bridgehead atoms. The number of carbonyl (C=O) groups is 3. The summed E-state index contributed by atoms with van der Waals surface area (Å²) >= 11 is 0. The van der Waals surface area contributed by atoms with Crippen LogP contribution in [0.3, 0.4) is 0 Å². The van der Waals surface area contributed by atoms with E-state index in [1.165, 1.54) is 0 Å². The summed E-state index contributed by atoms with van der Waals surface area (Å²) in [6, 6.07) is 25.3. The van der Waals surface area contributed by atoms with E-state index in [1.807, 2.05) is 54.6 Å². The number of nitrogens with one attached hydrogen (secondary N) is 2. The third kappa shape index (κ3) is 10.9. The third-order valence-corrected chi connectivity index (χ3v) is 9.02. The van der Waals surface area contributed by atoms with E-state index < -0.39 is 43.4 Å². The zero-order chi connectivity index (χ0) is 32.8. The van der Waals surface area contributed by atoms with Gasteiger partial charge in [-0.2, -0.15) is 0 Å². The average Bonchev–Trinajstić information content (AvgIpc) is 3.07. The molecular formula is C35H43N2O8P. The molecule has 0 heterocycles. The molecule has 0 aromatic heterocycles. The Labute approximate surface area is 270 Å². The number of rotatable bonds is 16. The molecule has 1 aliphatic carbocycles. The van der Waals surface area contributed by atoms with Crippen molar-refractivity contribution in [3.05, 3.63) is 96.1 Å². The van der Waals surface area contributed by atoms with Gasteiger partial charge in [-0.3, -0.25) is 19.5 Å². The maximum absolute atomic E-state index is 13.2. The quantitative estimate of drug-likeness (QED) is 0.133. The standard InChI is InChI=1S/C35H43N2O8P/c1-2-43-32(38)20-23-36-33(39)31(24-27-16-18-29(19-17-27)28-12-6-3-7-13-28)37-26-46(41,42)44-25-35(21-10-5-11-22-35)45-34(40)30-14-8-4-9-15-30/h3-4,6-9,12-19,31,37H,2,5,10-11,20-26H2,1H3,(H,36,39)(H,41,42). The summed E-state index contributed by atoms with van der Waals surface area (Å²) in [5.74, 6) is -1.37. The largest absolute Gasteiger partial charge is 0.466 e. The lowest BCUT2D eigenvalue weighted by Crippen LogP contribution is -2.46. The van der Waals surface area contributed by atoms with E-state index in [4.69, 9.17) is 14.0 Å². The summed E-state index contributed by atoms with van der Waals surface area (Å²) in [4.78, 5) is 48.7. The van der Waals surface area contributed by atoms with Crippen molar-refractivity contribution in [2.24, 2.45) is 0 Å². The maximum Gasteiger partial charge on any atom is 0.341 e. The molecule has 11 heteroatoms. The predicted molar refractivity (Wildman–Crippen MR) is 175 cm³/mol.